The highest BCUT2D eigenvalue weighted by Gasteiger charge is 2.61. The number of aliphatic hydroxyl groups excluding tert-OH is 1. The number of nitrogens with zero attached hydrogens (tertiary/aromatic N) is 2. The van der Waals surface area contributed by atoms with Crippen LogP contribution in [0.1, 0.15) is 210 Å². The van der Waals surface area contributed by atoms with Gasteiger partial charge in [-0.2, -0.15) is 0 Å². The van der Waals surface area contributed by atoms with Crippen LogP contribution in [0.15, 0.2) is 0 Å². The number of nitrogens with one attached hydrogen (secondary N) is 2. The lowest BCUT2D eigenvalue weighted by Gasteiger charge is -2.48. The predicted molar refractivity (Wildman–Crippen MR) is 383 cm³/mol. The van der Waals surface area contributed by atoms with Crippen molar-refractivity contribution in [2.45, 2.75) is 311 Å². The van der Waals surface area contributed by atoms with Gasteiger partial charge in [-0.05, 0) is 149 Å². The van der Waals surface area contributed by atoms with Gasteiger partial charge in [0.05, 0.1) is 47.7 Å². The van der Waals surface area contributed by atoms with Crippen LogP contribution >= 0.6 is 48.0 Å². The number of hydrogen-bond acceptors (Lipinski definition) is 21. The first kappa shape index (κ1) is 87.5. The summed E-state index contributed by atoms with van der Waals surface area (Å²) in [6.07, 6.45) is -2.57. The standard InChI is InChI=1S/C36H62N2O9.C35H60N2O10.2HI/c1-14-16-17-43-35(10)19-20(3)27(39)23(6)28-36(11,47-33(42)37-28)26(15-2)45-32(41)34(8,9)29(40)24(7)30(35)46-31-22(5)25(38(12)13)18-21(4)44-31;1-13-15-16-43-34(9)18-19(3)25(38)21(5)27-35(10,47-32(42)36-27)24(14-2)45-31(41)33(7,8)28(40)22(6)29(34)46-30-26(39)23(37(11)12)17-20(4)44-30;;/h20-26,28,30-31H,14-19H2,1-13H3,(H,37,42);19-24,26-27,29-30,39H,13-18H2,1-12H3,(H,36,42);2*1H/t20-,21-,22-,23+,24+,25+,26-,28-,30-,31+,35+,36-;19-,20-,21+,22+,23+,24-,26-,27-,29-,30+,34+,35-;;/m11../s1. The molecule has 0 aromatic carbocycles. The van der Waals surface area contributed by atoms with Gasteiger partial charge in [0.25, 0.3) is 0 Å². The molecule has 6 rings (SSSR count). The summed E-state index contributed by atoms with van der Waals surface area (Å²) in [7, 11) is 7.83. The summed E-state index contributed by atoms with van der Waals surface area (Å²) in [6, 6.07) is -1.64. The Morgan fingerprint density at radius 2 is 0.854 bits per heavy atom. The highest BCUT2D eigenvalue weighted by Crippen LogP contribution is 2.45. The average Bonchev–Trinajstić information content (AvgIpc) is 1.32. The van der Waals surface area contributed by atoms with Gasteiger partial charge in [-0.3, -0.25) is 28.8 Å². The van der Waals surface area contributed by atoms with Crippen molar-refractivity contribution in [3.8, 4) is 0 Å². The number of unbranched alkanes of at least 4 members (excludes halogenated alkanes) is 2. The second-order valence-corrected chi connectivity index (χ2v) is 30.8. The number of rotatable bonds is 16. The van der Waals surface area contributed by atoms with E-state index in [1.54, 1.807) is 62.3 Å². The topological polar surface area (TPSA) is 280 Å². The average molecular weight is 1590 g/mol. The third kappa shape index (κ3) is 19.1. The molecule has 24 atom stereocenters. The fourth-order valence-corrected chi connectivity index (χ4v) is 15.8. The van der Waals surface area contributed by atoms with E-state index in [0.29, 0.717) is 26.1 Å². The lowest BCUT2D eigenvalue weighted by molar-refractivity contribution is -0.297. The number of halogens is 2. The first-order chi connectivity index (χ1) is 43.5. The maximum Gasteiger partial charge on any atom is 0.408 e. The Hall–Kier alpha value is -2.74. The number of carbonyl (C=O) groups is 8. The fraction of sp³-hybridized carbons (Fsp3) is 0.887. The molecule has 556 valence electrons. The number of likely N-dealkylation sites (N-methyl/N-ethyl adjacent to an activating group) is 1. The van der Waals surface area contributed by atoms with Gasteiger partial charge in [-0.25, -0.2) is 9.59 Å². The van der Waals surface area contributed by atoms with Crippen LogP contribution in [0, 0.1) is 52.3 Å². The maximum atomic E-state index is 14.5. The molecule has 25 heteroatoms. The van der Waals surface area contributed by atoms with Crippen molar-refractivity contribution in [2.24, 2.45) is 52.3 Å². The van der Waals surface area contributed by atoms with Crippen LogP contribution in [-0.2, 0) is 76.1 Å². The molecule has 6 saturated heterocycles. The van der Waals surface area contributed by atoms with Crippen molar-refractivity contribution in [3.05, 3.63) is 0 Å². The smallest absolute Gasteiger partial charge is 0.408 e. The van der Waals surface area contributed by atoms with Crippen LogP contribution < -0.4 is 10.6 Å². The monoisotopic (exact) mass is 1590 g/mol. The number of aliphatic hydroxyl groups is 1. The number of amides is 2. The van der Waals surface area contributed by atoms with Gasteiger partial charge in [0.1, 0.15) is 40.7 Å². The zero-order chi connectivity index (χ0) is 71.3. The Bertz CT molecular complexity index is 2480. The lowest BCUT2D eigenvalue weighted by Crippen LogP contribution is -2.61. The third-order valence-corrected chi connectivity index (χ3v) is 21.7. The van der Waals surface area contributed by atoms with E-state index < -0.39 is 154 Å². The fourth-order valence-electron chi connectivity index (χ4n) is 15.8. The number of fused-ring (bicyclic) bond motifs is 2. The second-order valence-electron chi connectivity index (χ2n) is 30.8. The lowest BCUT2D eigenvalue weighted by atomic mass is 9.71. The molecule has 23 nitrogen and oxygen atoms in total. The number of Topliss-reactive ketones (excluding diaryl/α,β-unsaturated/α-hetero) is 4. The number of carbonyl (C=O) groups excluding carboxylic acids is 8. The SMILES string of the molecule is CCCCO[C@@]1(C)C[C@@H](C)C(=O)[C@H](C)[C@H]2NC(=O)O[C@]2(C)[C@@H](CC)OC(=O)C(C)(C)C(=O)[C@H](C)[C@H]1O[C@@H]1O[C@H](C)C[C@H](N(C)C)[C@H]1C.CCCCO[C@@]1(C)C[C@@H](C)C(=O)[C@H](C)[C@H]2NC(=O)O[C@]2(C)[C@@H](CC)OC(=O)C(C)(C)C(=O)[C@H](C)[C@H]1O[C@@H]1O[C@H](C)C[C@H](N(C)C)[C@H]1O.I.I. The highest BCUT2D eigenvalue weighted by atomic mass is 127. The minimum Gasteiger partial charge on any atom is -0.457 e. The number of esters is 2. The van der Waals surface area contributed by atoms with E-state index in [-0.39, 0.29) is 115 Å². The van der Waals surface area contributed by atoms with Crippen molar-refractivity contribution in [2.75, 3.05) is 41.4 Å². The summed E-state index contributed by atoms with van der Waals surface area (Å²) in [5, 5.41) is 17.1. The molecular formula is C71H124I2N4O19. The Morgan fingerprint density at radius 1 is 0.510 bits per heavy atom. The molecule has 0 radical (unpaired) electrons. The van der Waals surface area contributed by atoms with E-state index >= 15 is 0 Å². The third-order valence-electron chi connectivity index (χ3n) is 21.7. The highest BCUT2D eigenvalue weighted by molar-refractivity contribution is 14.0. The van der Waals surface area contributed by atoms with Crippen molar-refractivity contribution in [1.29, 1.82) is 0 Å². The minimum atomic E-state index is -1.64. The number of ether oxygens (including phenoxy) is 10. The quantitative estimate of drug-likeness (QED) is 0.0426. The zero-order valence-electron chi connectivity index (χ0n) is 62.5. The number of cyclic esters (lactones) is 2. The number of ketones is 4. The normalized spacial score (nSPS) is 41.0. The van der Waals surface area contributed by atoms with Crippen molar-refractivity contribution in [1.82, 2.24) is 20.4 Å². The van der Waals surface area contributed by atoms with E-state index in [4.69, 9.17) is 47.4 Å². The van der Waals surface area contributed by atoms with Gasteiger partial charge in [0.2, 0.25) is 0 Å². The van der Waals surface area contributed by atoms with Crippen LogP contribution in [-0.4, -0.2) is 205 Å². The Kier molecular flexibility index (Phi) is 32.3. The van der Waals surface area contributed by atoms with Crippen molar-refractivity contribution >= 4 is 95.2 Å². The molecule has 2 amide bonds. The van der Waals surface area contributed by atoms with E-state index in [0.717, 1.165) is 32.1 Å². The van der Waals surface area contributed by atoms with Crippen molar-refractivity contribution in [3.63, 3.8) is 0 Å². The van der Waals surface area contributed by atoms with E-state index in [1.807, 2.05) is 88.5 Å². The van der Waals surface area contributed by atoms with Gasteiger partial charge >= 0.3 is 24.1 Å². The summed E-state index contributed by atoms with van der Waals surface area (Å²) in [5.41, 5.74) is -8.24. The largest absolute Gasteiger partial charge is 0.457 e. The summed E-state index contributed by atoms with van der Waals surface area (Å²) < 4.78 is 63.0. The second kappa shape index (κ2) is 35.4. The maximum absolute atomic E-state index is 14.5. The van der Waals surface area contributed by atoms with Gasteiger partial charge in [0, 0.05) is 66.7 Å². The zero-order valence-corrected chi connectivity index (χ0v) is 67.2. The predicted octanol–water partition coefficient (Wildman–Crippen LogP) is 10.6. The first-order valence-corrected chi connectivity index (χ1v) is 35.0. The van der Waals surface area contributed by atoms with Crippen LogP contribution in [0.2, 0.25) is 0 Å². The van der Waals surface area contributed by atoms with Gasteiger partial charge in [-0.15, -0.1) is 48.0 Å². The molecule has 0 aromatic heterocycles. The molecular weight excluding hydrogens is 1470 g/mol. The Labute approximate surface area is 607 Å². The Morgan fingerprint density at radius 3 is 1.20 bits per heavy atom. The molecule has 0 aliphatic carbocycles. The van der Waals surface area contributed by atoms with Gasteiger partial charge < -0.3 is 72.9 Å². The molecule has 0 unspecified atom stereocenters. The molecule has 6 fully saturated rings. The molecule has 6 aliphatic heterocycles. The molecule has 6 aliphatic rings. The molecule has 0 aromatic rings. The molecule has 3 N–H and O–H groups in total. The summed E-state index contributed by atoms with van der Waals surface area (Å²) in [5.74, 6) is -6.95. The first-order valence-electron chi connectivity index (χ1n) is 35.0. The van der Waals surface area contributed by atoms with E-state index in [9.17, 15) is 43.5 Å². The van der Waals surface area contributed by atoms with Gasteiger partial charge in [-0.1, -0.05) is 89.0 Å². The van der Waals surface area contributed by atoms with Crippen molar-refractivity contribution < 1.29 is 90.8 Å². The van der Waals surface area contributed by atoms with E-state index in [2.05, 4.69) is 29.4 Å². The number of alkyl carbamates (subject to hydrolysis) is 2. The van der Waals surface area contributed by atoms with Gasteiger partial charge in [0.15, 0.2) is 35.3 Å². The summed E-state index contributed by atoms with van der Waals surface area (Å²) >= 11 is 0. The van der Waals surface area contributed by atoms with Crippen LogP contribution in [0.5, 0.6) is 0 Å². The molecule has 0 saturated carbocycles. The summed E-state index contributed by atoms with van der Waals surface area (Å²) in [6.45, 7) is 38.3. The molecule has 0 spiro atoms. The van der Waals surface area contributed by atoms with Crippen LogP contribution in [0.25, 0.3) is 0 Å². The molecule has 96 heavy (non-hydrogen) atoms. The Balaban J connectivity index is 0.000000490. The van der Waals surface area contributed by atoms with Crippen LogP contribution in [0.4, 0.5) is 9.59 Å². The minimum absolute atomic E-state index is 0. The van der Waals surface area contributed by atoms with Crippen LogP contribution in [0.3, 0.4) is 0 Å². The van der Waals surface area contributed by atoms with E-state index in [1.165, 1.54) is 13.8 Å². The number of hydrogen-bond donors (Lipinski definition) is 3. The molecule has 0 bridgehead atoms. The molecule has 6 heterocycles. The summed E-state index contributed by atoms with van der Waals surface area (Å²) in [4.78, 5) is 115.